The Morgan fingerprint density at radius 3 is 1.97 bits per heavy atom. The van der Waals surface area contributed by atoms with Crippen molar-refractivity contribution in [3.63, 3.8) is 0 Å². The summed E-state index contributed by atoms with van der Waals surface area (Å²) in [6, 6.07) is 26.8. The molecule has 0 amide bonds. The topological polar surface area (TPSA) is 67.2 Å². The van der Waals surface area contributed by atoms with Crippen LogP contribution in [0, 0.1) is 0 Å². The summed E-state index contributed by atoms with van der Waals surface area (Å²) >= 11 is -2.84. The van der Waals surface area contributed by atoms with Gasteiger partial charge in [-0.25, -0.2) is 9.19 Å². The van der Waals surface area contributed by atoms with Gasteiger partial charge in [0.1, 0.15) is 22.9 Å². The molecular weight excluding hydrogens is 501 g/mol. The molecule has 6 rings (SSSR count). The molecule has 0 saturated heterocycles. The van der Waals surface area contributed by atoms with Gasteiger partial charge in [-0.05, 0) is 47.2 Å². The maximum absolute atomic E-state index is 13.3. The molecule has 0 aliphatic rings. The zero-order chi connectivity index (χ0) is 25.7. The summed E-state index contributed by atoms with van der Waals surface area (Å²) in [5, 5.41) is 3.63. The quantitative estimate of drug-likeness (QED) is 0.183. The van der Waals surface area contributed by atoms with Crippen molar-refractivity contribution in [3.05, 3.63) is 103 Å². The van der Waals surface area contributed by atoms with Gasteiger partial charge < -0.3 is 8.74 Å². The van der Waals surface area contributed by atoms with E-state index in [1.165, 1.54) is 18.2 Å². The van der Waals surface area contributed by atoms with Crippen molar-refractivity contribution in [2.24, 2.45) is 0 Å². The van der Waals surface area contributed by atoms with Crippen LogP contribution in [0.1, 0.15) is 5.56 Å². The lowest BCUT2D eigenvalue weighted by molar-refractivity contribution is -0.137. The number of alkyl halides is 3. The van der Waals surface area contributed by atoms with Gasteiger partial charge >= 0.3 is 6.18 Å². The first kappa shape index (κ1) is 23.2. The minimum Gasteiger partial charge on any atom is -0.740 e. The van der Waals surface area contributed by atoms with Crippen molar-refractivity contribution in [1.29, 1.82) is 0 Å². The highest BCUT2D eigenvalue weighted by atomic mass is 32.2. The second-order valence-electron chi connectivity index (χ2n) is 8.39. The Kier molecular flexibility index (Phi) is 5.47. The Morgan fingerprint density at radius 2 is 1.32 bits per heavy atom. The maximum atomic E-state index is 13.3. The van der Waals surface area contributed by atoms with Gasteiger partial charge in [0.15, 0.2) is 0 Å². The summed E-state index contributed by atoms with van der Waals surface area (Å²) in [5.41, 5.74) is 1.34. The average Bonchev–Trinajstić information content (AvgIpc) is 3.29. The minimum atomic E-state index is -4.49. The fourth-order valence-electron chi connectivity index (χ4n) is 4.73. The number of imidazole rings is 1. The third-order valence-electron chi connectivity index (χ3n) is 6.27. The van der Waals surface area contributed by atoms with Gasteiger partial charge in [-0.1, -0.05) is 60.7 Å². The lowest BCUT2D eigenvalue weighted by Crippen LogP contribution is -2.06. The zero-order valence-electron chi connectivity index (χ0n) is 18.9. The van der Waals surface area contributed by atoms with E-state index in [0.717, 1.165) is 33.7 Å². The van der Waals surface area contributed by atoms with Crippen molar-refractivity contribution in [2.75, 3.05) is 0 Å². The Bertz CT molecular complexity index is 1830. The van der Waals surface area contributed by atoms with Crippen LogP contribution in [0.25, 0.3) is 49.7 Å². The molecule has 0 aliphatic carbocycles. The maximum Gasteiger partial charge on any atom is 0.416 e. The first-order valence-electron chi connectivity index (χ1n) is 11.2. The Balaban J connectivity index is 1.78. The molecule has 184 valence electrons. The number of para-hydroxylation sites is 1. The summed E-state index contributed by atoms with van der Waals surface area (Å²) in [4.78, 5) is 4.94. The third-order valence-corrected chi connectivity index (χ3v) is 6.59. The van der Waals surface area contributed by atoms with Gasteiger partial charge in [-0.2, -0.15) is 13.2 Å². The molecule has 5 aromatic carbocycles. The molecule has 0 N–H and O–H groups in total. The number of aromatic nitrogens is 2. The average molecular weight is 518 g/mol. The predicted molar refractivity (Wildman–Crippen MR) is 136 cm³/mol. The third kappa shape index (κ3) is 3.92. The van der Waals surface area contributed by atoms with E-state index in [4.69, 9.17) is 9.17 Å². The van der Waals surface area contributed by atoms with E-state index in [2.05, 4.69) is 0 Å². The van der Waals surface area contributed by atoms with E-state index in [0.29, 0.717) is 28.1 Å². The van der Waals surface area contributed by atoms with Gasteiger partial charge in [0, 0.05) is 16.5 Å². The Hall–Kier alpha value is -4.21. The summed E-state index contributed by atoms with van der Waals surface area (Å²) in [6.07, 6.45) is -4.49. The van der Waals surface area contributed by atoms with E-state index in [1.54, 1.807) is 22.8 Å². The van der Waals surface area contributed by atoms with Crippen LogP contribution in [0.5, 0.6) is 5.75 Å². The van der Waals surface area contributed by atoms with E-state index >= 15 is 0 Å². The number of rotatable bonds is 4. The molecule has 0 bridgehead atoms. The summed E-state index contributed by atoms with van der Waals surface area (Å²) < 4.78 is 69.6. The van der Waals surface area contributed by atoms with Crippen LogP contribution in [0.2, 0.25) is 0 Å². The van der Waals surface area contributed by atoms with Crippen LogP contribution in [0.15, 0.2) is 97.1 Å². The largest absolute Gasteiger partial charge is 0.740 e. The van der Waals surface area contributed by atoms with Crippen molar-refractivity contribution in [3.8, 4) is 22.8 Å². The molecule has 0 radical (unpaired) electrons. The van der Waals surface area contributed by atoms with Crippen LogP contribution in [0.3, 0.4) is 0 Å². The summed E-state index contributed by atoms with van der Waals surface area (Å²) in [5.74, 6) is 0.380. The first-order valence-corrected chi connectivity index (χ1v) is 12.2. The monoisotopic (exact) mass is 517 g/mol. The molecule has 37 heavy (non-hydrogen) atoms. The normalized spacial score (nSPS) is 12.9. The van der Waals surface area contributed by atoms with E-state index < -0.39 is 23.1 Å². The molecule has 6 aromatic rings. The van der Waals surface area contributed by atoms with E-state index in [1.807, 2.05) is 48.5 Å². The molecule has 0 spiro atoms. The van der Waals surface area contributed by atoms with E-state index in [-0.39, 0.29) is 5.75 Å². The van der Waals surface area contributed by atoms with Crippen molar-refractivity contribution in [1.82, 2.24) is 9.55 Å². The molecule has 9 heteroatoms. The standard InChI is InChI=1S/C28H17F3N2O3S/c29-28(30,31)17-13-15-18(16-14-17)33-26-22-10-4-2-8-20(22)19-7-1-3-9-21(19)25(26)32-27(33)23-11-5-6-12-24(23)36-37(34)35/h1-16H,(H,34,35)/p-1. The first-order chi connectivity index (χ1) is 17.8. The number of benzene rings is 5. The number of hydrogen-bond donors (Lipinski definition) is 0. The number of fused-ring (bicyclic) bond motifs is 6. The van der Waals surface area contributed by atoms with Gasteiger partial charge in [0.25, 0.3) is 0 Å². The fraction of sp³-hybridized carbons (Fsp3) is 0.0357. The number of halogens is 3. The highest BCUT2D eigenvalue weighted by molar-refractivity contribution is 7.74. The van der Waals surface area contributed by atoms with Crippen molar-refractivity contribution >= 4 is 43.9 Å². The highest BCUT2D eigenvalue weighted by Crippen LogP contribution is 2.41. The second kappa shape index (κ2) is 8.72. The number of hydrogen-bond acceptors (Lipinski definition) is 4. The summed E-state index contributed by atoms with van der Waals surface area (Å²) in [7, 11) is 0. The smallest absolute Gasteiger partial charge is 0.416 e. The molecule has 0 fully saturated rings. The van der Waals surface area contributed by atoms with Gasteiger partial charge in [-0.3, -0.25) is 4.57 Å². The van der Waals surface area contributed by atoms with Crippen molar-refractivity contribution in [2.45, 2.75) is 6.18 Å². The molecule has 5 nitrogen and oxygen atoms in total. The molecule has 1 unspecified atom stereocenters. The molecule has 0 aliphatic heterocycles. The minimum absolute atomic E-state index is 0.0490. The fourth-order valence-corrected chi connectivity index (χ4v) is 5.03. The second-order valence-corrected chi connectivity index (χ2v) is 8.96. The molecule has 1 aromatic heterocycles. The number of nitrogens with zero attached hydrogens (tertiary/aromatic N) is 2. The Morgan fingerprint density at radius 1 is 0.757 bits per heavy atom. The lowest BCUT2D eigenvalue weighted by atomic mass is 10.00. The summed E-state index contributed by atoms with van der Waals surface area (Å²) in [6.45, 7) is 0. The zero-order valence-corrected chi connectivity index (χ0v) is 19.7. The predicted octanol–water partition coefficient (Wildman–Crippen LogP) is 7.19. The van der Waals surface area contributed by atoms with Crippen LogP contribution >= 0.6 is 0 Å². The highest BCUT2D eigenvalue weighted by Gasteiger charge is 2.30. The molecule has 1 atom stereocenters. The molecular formula is C28H16F3N2O3S-. The van der Waals surface area contributed by atoms with Gasteiger partial charge in [0.2, 0.25) is 0 Å². The van der Waals surface area contributed by atoms with Crippen LogP contribution < -0.4 is 4.18 Å². The SMILES string of the molecule is O=S([O-])Oc1ccccc1-c1nc2c3ccccc3c3ccccc3c2n1-c1ccc(C(F)(F)F)cc1. The van der Waals surface area contributed by atoms with Crippen LogP contribution in [0.4, 0.5) is 13.2 Å². The van der Waals surface area contributed by atoms with Gasteiger partial charge in [0.05, 0.1) is 22.2 Å². The molecule has 0 saturated carbocycles. The van der Waals surface area contributed by atoms with Gasteiger partial charge in [-0.15, -0.1) is 0 Å². The van der Waals surface area contributed by atoms with Crippen molar-refractivity contribution < 1.29 is 26.1 Å². The van der Waals surface area contributed by atoms with Crippen LogP contribution in [-0.4, -0.2) is 18.3 Å². The lowest BCUT2D eigenvalue weighted by Gasteiger charge is -2.15. The van der Waals surface area contributed by atoms with Crippen LogP contribution in [-0.2, 0) is 17.5 Å². The molecule has 1 heterocycles. The van der Waals surface area contributed by atoms with E-state index in [9.17, 15) is 21.9 Å². The Labute approximate surface area is 211 Å².